The van der Waals surface area contributed by atoms with Gasteiger partial charge in [-0.05, 0) is 81.1 Å². The lowest BCUT2D eigenvalue weighted by atomic mass is 9.97. The number of piperidine rings is 1. The van der Waals surface area contributed by atoms with Crippen LogP contribution in [0.1, 0.15) is 45.6 Å². The molecule has 1 saturated heterocycles. The van der Waals surface area contributed by atoms with Gasteiger partial charge in [-0.25, -0.2) is 4.99 Å². The van der Waals surface area contributed by atoms with Gasteiger partial charge in [0.1, 0.15) is 5.60 Å². The molecular weight excluding hydrogens is 459 g/mol. The van der Waals surface area contributed by atoms with Crippen LogP contribution in [-0.4, -0.2) is 55.2 Å². The van der Waals surface area contributed by atoms with Gasteiger partial charge >= 0.3 is 0 Å². The maximum absolute atomic E-state index is 10.6. The summed E-state index contributed by atoms with van der Waals surface area (Å²) in [5.74, 6) is 1.50. The average molecular weight is 494 g/mol. The van der Waals surface area contributed by atoms with Gasteiger partial charge in [0.25, 0.3) is 0 Å². The van der Waals surface area contributed by atoms with Crippen LogP contribution in [0.25, 0.3) is 0 Å². The molecule has 150 valence electrons. The van der Waals surface area contributed by atoms with E-state index in [0.717, 1.165) is 24.6 Å². The minimum Gasteiger partial charge on any atom is -0.383 e. The van der Waals surface area contributed by atoms with Gasteiger partial charge in [0.15, 0.2) is 5.96 Å². The zero-order chi connectivity index (χ0) is 18.1. The van der Waals surface area contributed by atoms with E-state index in [1.807, 2.05) is 23.8 Å². The summed E-state index contributed by atoms with van der Waals surface area (Å²) in [5, 5.41) is 21.4. The molecule has 1 aromatic heterocycles. The van der Waals surface area contributed by atoms with E-state index in [2.05, 4.69) is 34.4 Å². The molecule has 1 aliphatic heterocycles. The maximum atomic E-state index is 10.6. The molecule has 0 bridgehead atoms. The van der Waals surface area contributed by atoms with Crippen molar-refractivity contribution in [2.24, 2.45) is 10.9 Å². The summed E-state index contributed by atoms with van der Waals surface area (Å²) in [6.45, 7) is 11.9. The first-order valence-corrected chi connectivity index (χ1v) is 10.5. The lowest BCUT2D eigenvalue weighted by molar-refractivity contribution is 0.0677. The van der Waals surface area contributed by atoms with E-state index in [9.17, 15) is 5.11 Å². The Bertz CT molecular complexity index is 514. The number of aliphatic imine (C=N–C) groups is 1. The fourth-order valence-electron chi connectivity index (χ4n) is 3.21. The van der Waals surface area contributed by atoms with Crippen LogP contribution in [-0.2, 0) is 5.60 Å². The Labute approximate surface area is 179 Å². The van der Waals surface area contributed by atoms with Crippen molar-refractivity contribution in [1.29, 1.82) is 0 Å². The number of rotatable bonds is 8. The van der Waals surface area contributed by atoms with Gasteiger partial charge in [-0.15, -0.1) is 24.0 Å². The van der Waals surface area contributed by atoms with Crippen LogP contribution in [0.15, 0.2) is 21.8 Å². The smallest absolute Gasteiger partial charge is 0.191 e. The van der Waals surface area contributed by atoms with Crippen molar-refractivity contribution < 1.29 is 5.11 Å². The molecule has 1 aliphatic rings. The van der Waals surface area contributed by atoms with E-state index in [4.69, 9.17) is 0 Å². The molecule has 0 amide bonds. The summed E-state index contributed by atoms with van der Waals surface area (Å²) in [5.41, 5.74) is 0.00815. The molecular formula is C19H35IN4OS. The largest absolute Gasteiger partial charge is 0.383 e. The molecule has 0 radical (unpaired) electrons. The highest BCUT2D eigenvalue weighted by Crippen LogP contribution is 2.23. The Morgan fingerprint density at radius 1 is 1.35 bits per heavy atom. The Balaban J connectivity index is 0.00000338. The van der Waals surface area contributed by atoms with Crippen LogP contribution in [0.3, 0.4) is 0 Å². The van der Waals surface area contributed by atoms with Gasteiger partial charge in [-0.3, -0.25) is 0 Å². The normalized spacial score (nSPS) is 18.8. The lowest BCUT2D eigenvalue weighted by Crippen LogP contribution is -2.43. The van der Waals surface area contributed by atoms with E-state index in [0.29, 0.717) is 12.5 Å². The van der Waals surface area contributed by atoms with Crippen molar-refractivity contribution in [3.63, 3.8) is 0 Å². The van der Waals surface area contributed by atoms with Crippen LogP contribution >= 0.6 is 35.3 Å². The Hall–Kier alpha value is -0.380. The zero-order valence-electron chi connectivity index (χ0n) is 16.3. The van der Waals surface area contributed by atoms with Gasteiger partial charge in [-0.2, -0.15) is 11.3 Å². The van der Waals surface area contributed by atoms with Crippen molar-refractivity contribution in [3.05, 3.63) is 22.4 Å². The van der Waals surface area contributed by atoms with Crippen molar-refractivity contribution in [1.82, 2.24) is 15.5 Å². The standard InChI is InChI=1S/C19H34N4OS.HI/c1-4-9-23-10-6-16(7-11-23)13-21-18(20-5-2)22-15-19(3,24)17-8-12-25-14-17;/h8,12,14,16,24H,4-7,9-11,13,15H2,1-3H3,(H2,20,21,22);1H. The molecule has 1 atom stereocenters. The van der Waals surface area contributed by atoms with Crippen molar-refractivity contribution in [2.45, 2.75) is 45.6 Å². The molecule has 0 aliphatic carbocycles. The Kier molecular flexibility index (Phi) is 11.1. The topological polar surface area (TPSA) is 59.9 Å². The van der Waals surface area contributed by atoms with Gasteiger partial charge in [0.2, 0.25) is 0 Å². The van der Waals surface area contributed by atoms with Crippen molar-refractivity contribution >= 4 is 41.3 Å². The molecule has 1 unspecified atom stereocenters. The Morgan fingerprint density at radius 3 is 2.65 bits per heavy atom. The summed E-state index contributed by atoms with van der Waals surface area (Å²) in [6, 6.07) is 1.96. The van der Waals surface area contributed by atoms with Crippen LogP contribution < -0.4 is 10.6 Å². The highest BCUT2D eigenvalue weighted by atomic mass is 127. The van der Waals surface area contributed by atoms with E-state index in [-0.39, 0.29) is 24.0 Å². The molecule has 0 saturated carbocycles. The predicted molar refractivity (Wildman–Crippen MR) is 123 cm³/mol. The number of hydrogen-bond acceptors (Lipinski definition) is 4. The molecule has 5 nitrogen and oxygen atoms in total. The van der Waals surface area contributed by atoms with Gasteiger partial charge in [0, 0.05) is 13.1 Å². The summed E-state index contributed by atoms with van der Waals surface area (Å²) in [6.07, 6.45) is 3.74. The predicted octanol–water partition coefficient (Wildman–Crippen LogP) is 3.25. The molecule has 1 fully saturated rings. The maximum Gasteiger partial charge on any atom is 0.191 e. The SMILES string of the molecule is CCCN1CCC(CNC(=NCC(C)(O)c2ccsc2)NCC)CC1.I. The molecule has 1 aromatic rings. The molecule has 2 heterocycles. The monoisotopic (exact) mass is 494 g/mol. The molecule has 2 rings (SSSR count). The fraction of sp³-hybridized carbons (Fsp3) is 0.737. The van der Waals surface area contributed by atoms with Gasteiger partial charge < -0.3 is 20.6 Å². The second kappa shape index (κ2) is 12.2. The average Bonchev–Trinajstić information content (AvgIpc) is 3.14. The van der Waals surface area contributed by atoms with E-state index >= 15 is 0 Å². The first-order chi connectivity index (χ1) is 12.0. The van der Waals surface area contributed by atoms with E-state index < -0.39 is 5.60 Å². The fourth-order valence-corrected chi connectivity index (χ4v) is 3.99. The highest BCUT2D eigenvalue weighted by Gasteiger charge is 2.23. The number of halogens is 1. The van der Waals surface area contributed by atoms with Crippen LogP contribution in [0.5, 0.6) is 0 Å². The third-order valence-electron chi connectivity index (χ3n) is 4.84. The third-order valence-corrected chi connectivity index (χ3v) is 5.52. The highest BCUT2D eigenvalue weighted by molar-refractivity contribution is 14.0. The molecule has 3 N–H and O–H groups in total. The lowest BCUT2D eigenvalue weighted by Gasteiger charge is -2.32. The Morgan fingerprint density at radius 2 is 2.08 bits per heavy atom. The zero-order valence-corrected chi connectivity index (χ0v) is 19.5. The van der Waals surface area contributed by atoms with Crippen LogP contribution in [0, 0.1) is 5.92 Å². The molecule has 7 heteroatoms. The number of likely N-dealkylation sites (tertiary alicyclic amines) is 1. The number of nitrogens with zero attached hydrogens (tertiary/aromatic N) is 2. The molecule has 26 heavy (non-hydrogen) atoms. The molecule has 0 spiro atoms. The number of aliphatic hydroxyl groups is 1. The van der Waals surface area contributed by atoms with Gasteiger partial charge in [0.05, 0.1) is 6.54 Å². The first-order valence-electron chi connectivity index (χ1n) is 9.54. The summed E-state index contributed by atoms with van der Waals surface area (Å²) >= 11 is 1.60. The summed E-state index contributed by atoms with van der Waals surface area (Å²) in [4.78, 5) is 7.17. The summed E-state index contributed by atoms with van der Waals surface area (Å²) in [7, 11) is 0. The van der Waals surface area contributed by atoms with Gasteiger partial charge in [-0.1, -0.05) is 6.92 Å². The quantitative estimate of drug-likeness (QED) is 0.295. The number of nitrogens with one attached hydrogen (secondary N) is 2. The second-order valence-electron chi connectivity index (χ2n) is 7.15. The van der Waals surface area contributed by atoms with Crippen molar-refractivity contribution in [3.8, 4) is 0 Å². The number of thiophene rings is 1. The van der Waals surface area contributed by atoms with E-state index in [1.54, 1.807) is 11.3 Å². The van der Waals surface area contributed by atoms with E-state index in [1.165, 1.54) is 38.9 Å². The van der Waals surface area contributed by atoms with Crippen LogP contribution in [0.4, 0.5) is 0 Å². The number of guanidine groups is 1. The summed E-state index contributed by atoms with van der Waals surface area (Å²) < 4.78 is 0. The second-order valence-corrected chi connectivity index (χ2v) is 7.93. The minimum absolute atomic E-state index is 0. The third kappa shape index (κ3) is 7.70. The van der Waals surface area contributed by atoms with Crippen LogP contribution in [0.2, 0.25) is 0 Å². The molecule has 0 aromatic carbocycles. The minimum atomic E-state index is -0.923. The first kappa shape index (κ1) is 23.7. The van der Waals surface area contributed by atoms with Crippen molar-refractivity contribution in [2.75, 3.05) is 39.3 Å². The number of hydrogen-bond donors (Lipinski definition) is 3.